The predicted molar refractivity (Wildman–Crippen MR) is 98.0 cm³/mol. The predicted octanol–water partition coefficient (Wildman–Crippen LogP) is 5.51. The van der Waals surface area contributed by atoms with Gasteiger partial charge in [0.25, 0.3) is 0 Å². The molecular weight excluding hydrogens is 300 g/mol. The molecule has 136 valence electrons. The molecule has 2 heterocycles. The van der Waals surface area contributed by atoms with Crippen LogP contribution >= 0.6 is 0 Å². The first-order chi connectivity index (χ1) is 11.7. The second kappa shape index (κ2) is 10.7. The maximum absolute atomic E-state index is 10.5. The summed E-state index contributed by atoms with van der Waals surface area (Å²) in [4.78, 5) is 10.5. The molecule has 4 atom stereocenters. The summed E-state index contributed by atoms with van der Waals surface area (Å²) in [6, 6.07) is 0. The molecule has 0 unspecified atom stereocenters. The van der Waals surface area contributed by atoms with Crippen LogP contribution in [0.3, 0.4) is 0 Å². The van der Waals surface area contributed by atoms with Gasteiger partial charge in [-0.1, -0.05) is 37.6 Å². The summed E-state index contributed by atoms with van der Waals surface area (Å²) in [5, 5.41) is 8.65. The van der Waals surface area contributed by atoms with Crippen molar-refractivity contribution < 1.29 is 14.6 Å². The van der Waals surface area contributed by atoms with Gasteiger partial charge in [0.2, 0.25) is 0 Å². The molecule has 3 nitrogen and oxygen atoms in total. The molecule has 0 aromatic rings. The third-order valence-electron chi connectivity index (χ3n) is 5.46. The second-order valence-electron chi connectivity index (χ2n) is 7.30. The average Bonchev–Trinajstić information content (AvgIpc) is 3.15. The standard InChI is InChI=1S/C21H34O3/c1-2-3-4-5-6-9-12-17-18(20-16-15-19(17)24-20)13-10-7-8-11-14-21(22)23/h4-5,7,10,17-20H,2-3,6,8-9,11-16H2,1H3,(H,22,23)/t17-,18+,19-,20+/m1/s1. The fourth-order valence-electron chi connectivity index (χ4n) is 4.21. The molecule has 0 spiro atoms. The topological polar surface area (TPSA) is 46.5 Å². The number of rotatable bonds is 12. The van der Waals surface area contributed by atoms with Crippen molar-refractivity contribution in [3.05, 3.63) is 24.3 Å². The Hall–Kier alpha value is -1.09. The average molecular weight is 335 g/mol. The number of ether oxygens (including phenoxy) is 1. The molecule has 2 saturated heterocycles. The van der Waals surface area contributed by atoms with Crippen LogP contribution in [-0.4, -0.2) is 23.3 Å². The molecule has 2 aliphatic rings. The van der Waals surface area contributed by atoms with Gasteiger partial charge in [0.1, 0.15) is 0 Å². The van der Waals surface area contributed by atoms with E-state index in [4.69, 9.17) is 9.84 Å². The molecule has 0 amide bonds. The number of unbranched alkanes of at least 4 members (excludes halogenated alkanes) is 3. The van der Waals surface area contributed by atoms with Crippen molar-refractivity contribution in [3.8, 4) is 0 Å². The van der Waals surface area contributed by atoms with E-state index in [1.165, 1.54) is 44.9 Å². The van der Waals surface area contributed by atoms with Crippen LogP contribution < -0.4 is 0 Å². The van der Waals surface area contributed by atoms with Gasteiger partial charge >= 0.3 is 5.97 Å². The zero-order valence-electron chi connectivity index (χ0n) is 15.2. The maximum atomic E-state index is 10.5. The van der Waals surface area contributed by atoms with Gasteiger partial charge in [0.15, 0.2) is 0 Å². The van der Waals surface area contributed by atoms with Crippen LogP contribution in [0.2, 0.25) is 0 Å². The minimum Gasteiger partial charge on any atom is -0.481 e. The third-order valence-corrected chi connectivity index (χ3v) is 5.46. The minimum absolute atomic E-state index is 0.274. The second-order valence-corrected chi connectivity index (χ2v) is 7.30. The molecule has 2 aliphatic heterocycles. The van der Waals surface area contributed by atoms with E-state index >= 15 is 0 Å². The van der Waals surface area contributed by atoms with Crippen LogP contribution in [-0.2, 0) is 9.53 Å². The number of hydrogen-bond acceptors (Lipinski definition) is 2. The first-order valence-corrected chi connectivity index (χ1v) is 9.89. The van der Waals surface area contributed by atoms with E-state index in [2.05, 4.69) is 31.2 Å². The molecule has 0 saturated carbocycles. The number of hydrogen-bond donors (Lipinski definition) is 1. The summed E-state index contributed by atoms with van der Waals surface area (Å²) in [6.07, 6.45) is 21.7. The molecular formula is C21H34O3. The molecule has 3 heteroatoms. The largest absolute Gasteiger partial charge is 0.481 e. The van der Waals surface area contributed by atoms with E-state index in [-0.39, 0.29) is 6.42 Å². The molecule has 2 bridgehead atoms. The highest BCUT2D eigenvalue weighted by Gasteiger charge is 2.47. The Kier molecular flexibility index (Phi) is 8.58. The molecule has 0 aromatic heterocycles. The first-order valence-electron chi connectivity index (χ1n) is 9.89. The molecule has 1 N–H and O–H groups in total. The fraction of sp³-hybridized carbons (Fsp3) is 0.762. The lowest BCUT2D eigenvalue weighted by molar-refractivity contribution is -0.137. The smallest absolute Gasteiger partial charge is 0.303 e. The van der Waals surface area contributed by atoms with E-state index in [1.807, 2.05) is 0 Å². The van der Waals surface area contributed by atoms with E-state index < -0.39 is 5.97 Å². The molecule has 0 aliphatic carbocycles. The molecule has 0 radical (unpaired) electrons. The van der Waals surface area contributed by atoms with Gasteiger partial charge in [-0.15, -0.1) is 0 Å². The van der Waals surface area contributed by atoms with Crippen LogP contribution in [0.25, 0.3) is 0 Å². The minimum atomic E-state index is -0.696. The van der Waals surface area contributed by atoms with Crippen molar-refractivity contribution in [1.82, 2.24) is 0 Å². The van der Waals surface area contributed by atoms with Gasteiger partial charge < -0.3 is 9.84 Å². The van der Waals surface area contributed by atoms with Crippen molar-refractivity contribution in [2.24, 2.45) is 11.8 Å². The van der Waals surface area contributed by atoms with Crippen LogP contribution in [0.4, 0.5) is 0 Å². The Bertz CT molecular complexity index is 427. The Morgan fingerprint density at radius 1 is 1.00 bits per heavy atom. The number of carbonyl (C=O) groups is 1. The van der Waals surface area contributed by atoms with E-state index in [9.17, 15) is 4.79 Å². The number of fused-ring (bicyclic) bond motifs is 2. The number of allylic oxidation sites excluding steroid dienone is 4. The summed E-state index contributed by atoms with van der Waals surface area (Å²) in [5.41, 5.74) is 0. The van der Waals surface area contributed by atoms with Crippen molar-refractivity contribution in [2.45, 2.75) is 89.8 Å². The zero-order chi connectivity index (χ0) is 17.2. The highest BCUT2D eigenvalue weighted by atomic mass is 16.5. The quantitative estimate of drug-likeness (QED) is 0.378. The van der Waals surface area contributed by atoms with Gasteiger partial charge in [0.05, 0.1) is 12.2 Å². The lowest BCUT2D eigenvalue weighted by Gasteiger charge is -2.27. The van der Waals surface area contributed by atoms with E-state index in [0.717, 1.165) is 25.2 Å². The maximum Gasteiger partial charge on any atom is 0.303 e. The van der Waals surface area contributed by atoms with Crippen molar-refractivity contribution in [2.75, 3.05) is 0 Å². The summed E-state index contributed by atoms with van der Waals surface area (Å²) < 4.78 is 6.17. The van der Waals surface area contributed by atoms with Crippen LogP contribution in [0.5, 0.6) is 0 Å². The normalized spacial score (nSPS) is 29.2. The van der Waals surface area contributed by atoms with Gasteiger partial charge in [-0.3, -0.25) is 4.79 Å². The summed E-state index contributed by atoms with van der Waals surface area (Å²) in [6.45, 7) is 2.22. The van der Waals surface area contributed by atoms with Gasteiger partial charge in [-0.2, -0.15) is 0 Å². The SMILES string of the molecule is CCCC=CCCC[C@@H]1[C@H](CC=CCCCC(=O)O)[C@@H]2CC[C@H]1O2. The fourth-order valence-corrected chi connectivity index (χ4v) is 4.21. The van der Waals surface area contributed by atoms with Crippen molar-refractivity contribution in [1.29, 1.82) is 0 Å². The number of carboxylic acids is 1. The van der Waals surface area contributed by atoms with E-state index in [0.29, 0.717) is 18.1 Å². The molecule has 2 rings (SSSR count). The van der Waals surface area contributed by atoms with Gasteiger partial charge in [0, 0.05) is 6.42 Å². The third kappa shape index (κ3) is 6.08. The highest BCUT2D eigenvalue weighted by Crippen LogP contribution is 2.47. The zero-order valence-corrected chi connectivity index (χ0v) is 15.2. The van der Waals surface area contributed by atoms with Gasteiger partial charge in [-0.25, -0.2) is 0 Å². The first kappa shape index (κ1) is 19.2. The van der Waals surface area contributed by atoms with Crippen LogP contribution in [0.1, 0.15) is 77.6 Å². The molecule has 0 aromatic carbocycles. The monoisotopic (exact) mass is 334 g/mol. The lowest BCUT2D eigenvalue weighted by Crippen LogP contribution is -2.26. The lowest BCUT2D eigenvalue weighted by atomic mass is 9.75. The Morgan fingerprint density at radius 2 is 1.67 bits per heavy atom. The summed E-state index contributed by atoms with van der Waals surface area (Å²) in [5.74, 6) is 0.712. The molecule has 2 fully saturated rings. The summed E-state index contributed by atoms with van der Waals surface area (Å²) in [7, 11) is 0. The number of aliphatic carboxylic acids is 1. The van der Waals surface area contributed by atoms with Crippen LogP contribution in [0, 0.1) is 11.8 Å². The van der Waals surface area contributed by atoms with Crippen LogP contribution in [0.15, 0.2) is 24.3 Å². The van der Waals surface area contributed by atoms with Gasteiger partial charge in [-0.05, 0) is 69.6 Å². The molecule has 24 heavy (non-hydrogen) atoms. The Balaban J connectivity index is 1.69. The number of carboxylic acid groups (broad SMARTS) is 1. The van der Waals surface area contributed by atoms with E-state index in [1.54, 1.807) is 0 Å². The Morgan fingerprint density at radius 3 is 2.42 bits per heavy atom. The Labute approximate surface area is 147 Å². The highest BCUT2D eigenvalue weighted by molar-refractivity contribution is 5.66. The summed E-state index contributed by atoms with van der Waals surface area (Å²) >= 11 is 0. The van der Waals surface area contributed by atoms with Crippen molar-refractivity contribution in [3.63, 3.8) is 0 Å². The van der Waals surface area contributed by atoms with Crippen molar-refractivity contribution >= 4 is 5.97 Å².